The van der Waals surface area contributed by atoms with Gasteiger partial charge in [0, 0.05) is 57.1 Å². The number of amides is 1. The van der Waals surface area contributed by atoms with Gasteiger partial charge in [0.2, 0.25) is 17.7 Å². The van der Waals surface area contributed by atoms with E-state index in [9.17, 15) is 13.6 Å². The SMILES string of the molecule is CC(C)Cc1nc(-c2cnc(N3CCC(CCCOc4cc(F)c(C(=O)NCCN(C)C)c(F)c4)CC3)nc2)no1.Cl. The zero-order valence-corrected chi connectivity index (χ0v) is 25.4. The van der Waals surface area contributed by atoms with Crippen LogP contribution in [0.3, 0.4) is 0 Å². The van der Waals surface area contributed by atoms with Gasteiger partial charge in [-0.2, -0.15) is 4.98 Å². The Bertz CT molecular complexity index is 1260. The number of nitrogens with one attached hydrogen (secondary N) is 1. The Morgan fingerprint density at radius 2 is 1.83 bits per heavy atom. The Labute approximate surface area is 251 Å². The van der Waals surface area contributed by atoms with Crippen LogP contribution in [-0.2, 0) is 6.42 Å². The Morgan fingerprint density at radius 3 is 2.45 bits per heavy atom. The molecule has 13 heteroatoms. The highest BCUT2D eigenvalue weighted by Crippen LogP contribution is 2.26. The average Bonchev–Trinajstić information content (AvgIpc) is 3.39. The fraction of sp³-hybridized carbons (Fsp3) is 0.552. The molecule has 0 atom stereocenters. The molecule has 230 valence electrons. The van der Waals surface area contributed by atoms with Crippen LogP contribution in [0.2, 0.25) is 0 Å². The van der Waals surface area contributed by atoms with Crippen molar-refractivity contribution < 1.29 is 22.8 Å². The van der Waals surface area contributed by atoms with Crippen LogP contribution in [0.5, 0.6) is 5.75 Å². The number of rotatable bonds is 13. The molecule has 4 rings (SSSR count). The lowest BCUT2D eigenvalue weighted by atomic mass is 9.92. The monoisotopic (exact) mass is 607 g/mol. The quantitative estimate of drug-likeness (QED) is 0.274. The van der Waals surface area contributed by atoms with Crippen molar-refractivity contribution in [3.8, 4) is 17.1 Å². The second-order valence-corrected chi connectivity index (χ2v) is 11.1. The number of carbonyl (C=O) groups is 1. The van der Waals surface area contributed by atoms with Crippen molar-refractivity contribution in [1.29, 1.82) is 0 Å². The number of benzene rings is 1. The largest absolute Gasteiger partial charge is 0.493 e. The van der Waals surface area contributed by atoms with E-state index in [1.54, 1.807) is 12.4 Å². The fourth-order valence-corrected chi connectivity index (χ4v) is 4.72. The van der Waals surface area contributed by atoms with Crippen molar-refractivity contribution >= 4 is 24.3 Å². The summed E-state index contributed by atoms with van der Waals surface area (Å²) in [4.78, 5) is 29.7. The van der Waals surface area contributed by atoms with E-state index in [1.165, 1.54) is 0 Å². The highest BCUT2D eigenvalue weighted by atomic mass is 35.5. The second-order valence-electron chi connectivity index (χ2n) is 11.1. The van der Waals surface area contributed by atoms with E-state index >= 15 is 0 Å². The van der Waals surface area contributed by atoms with Gasteiger partial charge in [-0.25, -0.2) is 18.7 Å². The highest BCUT2D eigenvalue weighted by molar-refractivity contribution is 5.94. The standard InChI is InChI=1S/C29H39F2N7O3.ClH/c1-19(2)14-25-35-27(36-41-25)21-17-33-29(34-18-21)38-10-7-20(8-11-38)6-5-13-40-22-15-23(30)26(24(31)16-22)28(39)32-9-12-37(3)4;/h15-20H,5-14H2,1-4H3,(H,32,39);1H. The van der Waals surface area contributed by atoms with Gasteiger partial charge in [-0.15, -0.1) is 12.4 Å². The molecule has 1 amide bonds. The number of likely N-dealkylation sites (N-methyl/N-ethyl adjacent to an activating group) is 1. The Hall–Kier alpha value is -3.38. The number of halogens is 3. The topological polar surface area (TPSA) is 110 Å². The Kier molecular flexibility index (Phi) is 12.4. The van der Waals surface area contributed by atoms with Gasteiger partial charge in [0.25, 0.3) is 5.91 Å². The molecule has 0 saturated carbocycles. The molecule has 1 aromatic carbocycles. The summed E-state index contributed by atoms with van der Waals surface area (Å²) in [5.74, 6) is 0.185. The number of aromatic nitrogens is 4. The predicted molar refractivity (Wildman–Crippen MR) is 158 cm³/mol. The molecule has 10 nitrogen and oxygen atoms in total. The van der Waals surface area contributed by atoms with Gasteiger partial charge in [0.05, 0.1) is 12.2 Å². The van der Waals surface area contributed by atoms with E-state index in [1.807, 2.05) is 19.0 Å². The first-order valence-corrected chi connectivity index (χ1v) is 14.1. The van der Waals surface area contributed by atoms with Gasteiger partial charge in [-0.1, -0.05) is 19.0 Å². The maximum atomic E-state index is 14.5. The summed E-state index contributed by atoms with van der Waals surface area (Å²) >= 11 is 0. The summed E-state index contributed by atoms with van der Waals surface area (Å²) in [7, 11) is 3.69. The molecule has 42 heavy (non-hydrogen) atoms. The molecule has 0 spiro atoms. The van der Waals surface area contributed by atoms with Crippen molar-refractivity contribution in [3.05, 3.63) is 47.6 Å². The van der Waals surface area contributed by atoms with Crippen LogP contribution in [0.25, 0.3) is 11.4 Å². The number of ether oxygens (including phenoxy) is 1. The lowest BCUT2D eigenvalue weighted by Gasteiger charge is -2.32. The molecule has 3 heterocycles. The summed E-state index contributed by atoms with van der Waals surface area (Å²) in [5.41, 5.74) is 0.132. The Balaban J connectivity index is 0.00000484. The molecule has 0 radical (unpaired) electrons. The van der Waals surface area contributed by atoms with Crippen molar-refractivity contribution in [1.82, 2.24) is 30.3 Å². The minimum absolute atomic E-state index is 0. The van der Waals surface area contributed by atoms with Gasteiger partial charge in [0.15, 0.2) is 0 Å². The first kappa shape index (κ1) is 33.1. The van der Waals surface area contributed by atoms with Gasteiger partial charge in [0.1, 0.15) is 22.9 Å². The van der Waals surface area contributed by atoms with Crippen LogP contribution >= 0.6 is 12.4 Å². The first-order chi connectivity index (χ1) is 19.7. The lowest BCUT2D eigenvalue weighted by molar-refractivity contribution is 0.0942. The predicted octanol–water partition coefficient (Wildman–Crippen LogP) is 4.79. The molecule has 1 aliphatic rings. The normalized spacial score (nSPS) is 13.9. The second kappa shape index (κ2) is 15.7. The van der Waals surface area contributed by atoms with Crippen molar-refractivity contribution in [2.24, 2.45) is 11.8 Å². The van der Waals surface area contributed by atoms with Crippen molar-refractivity contribution in [2.45, 2.75) is 46.0 Å². The maximum absolute atomic E-state index is 14.5. The molecule has 1 aliphatic heterocycles. The molecule has 0 bridgehead atoms. The first-order valence-electron chi connectivity index (χ1n) is 14.1. The summed E-state index contributed by atoms with van der Waals surface area (Å²) in [6.07, 6.45) is 7.88. The zero-order chi connectivity index (χ0) is 29.4. The molecule has 2 aromatic heterocycles. The van der Waals surface area contributed by atoms with E-state index in [0.29, 0.717) is 49.2 Å². The number of piperidine rings is 1. The number of nitrogens with zero attached hydrogens (tertiary/aromatic N) is 6. The number of hydrogen-bond donors (Lipinski definition) is 1. The molecular formula is C29H40ClF2N7O3. The maximum Gasteiger partial charge on any atom is 0.257 e. The third-order valence-corrected chi connectivity index (χ3v) is 6.96. The highest BCUT2D eigenvalue weighted by Gasteiger charge is 2.22. The number of anilines is 1. The summed E-state index contributed by atoms with van der Waals surface area (Å²) in [6.45, 7) is 7.09. The van der Waals surface area contributed by atoms with E-state index in [0.717, 1.165) is 62.9 Å². The fourth-order valence-electron chi connectivity index (χ4n) is 4.72. The summed E-state index contributed by atoms with van der Waals surface area (Å²) in [5, 5.41) is 6.56. The van der Waals surface area contributed by atoms with E-state index < -0.39 is 23.1 Å². The van der Waals surface area contributed by atoms with Crippen LogP contribution in [-0.4, -0.2) is 77.8 Å². The van der Waals surface area contributed by atoms with Gasteiger partial charge in [-0.3, -0.25) is 4.79 Å². The van der Waals surface area contributed by atoms with E-state index in [2.05, 4.69) is 44.2 Å². The Morgan fingerprint density at radius 1 is 1.17 bits per heavy atom. The molecule has 3 aromatic rings. The van der Waals surface area contributed by atoms with Crippen molar-refractivity contribution in [3.63, 3.8) is 0 Å². The van der Waals surface area contributed by atoms with Crippen LogP contribution in [0.1, 0.15) is 55.8 Å². The summed E-state index contributed by atoms with van der Waals surface area (Å²) in [6, 6.07) is 2.13. The molecule has 1 fully saturated rings. The summed E-state index contributed by atoms with van der Waals surface area (Å²) < 4.78 is 39.8. The van der Waals surface area contributed by atoms with Gasteiger partial charge in [-0.05, 0) is 51.6 Å². The average molecular weight is 608 g/mol. The number of hydrogen-bond acceptors (Lipinski definition) is 9. The molecule has 1 saturated heterocycles. The van der Waals surface area contributed by atoms with Crippen LogP contribution in [0.4, 0.5) is 14.7 Å². The molecule has 1 N–H and O–H groups in total. The van der Waals surface area contributed by atoms with Crippen LogP contribution in [0, 0.1) is 23.5 Å². The molecular weight excluding hydrogens is 568 g/mol. The van der Waals surface area contributed by atoms with Gasteiger partial charge < -0.3 is 24.4 Å². The third-order valence-electron chi connectivity index (χ3n) is 6.96. The van der Waals surface area contributed by atoms with Crippen LogP contribution < -0.4 is 15.0 Å². The minimum Gasteiger partial charge on any atom is -0.493 e. The smallest absolute Gasteiger partial charge is 0.257 e. The van der Waals surface area contributed by atoms with E-state index in [4.69, 9.17) is 9.26 Å². The van der Waals surface area contributed by atoms with Crippen LogP contribution in [0.15, 0.2) is 29.0 Å². The molecule has 0 unspecified atom stereocenters. The zero-order valence-electron chi connectivity index (χ0n) is 24.6. The van der Waals surface area contributed by atoms with Crippen molar-refractivity contribution in [2.75, 3.05) is 51.8 Å². The molecule has 0 aliphatic carbocycles. The minimum atomic E-state index is -0.932. The third kappa shape index (κ3) is 9.32. The number of carbonyl (C=O) groups excluding carboxylic acids is 1. The lowest BCUT2D eigenvalue weighted by Crippen LogP contribution is -2.34. The van der Waals surface area contributed by atoms with Gasteiger partial charge >= 0.3 is 0 Å². The van der Waals surface area contributed by atoms with E-state index in [-0.39, 0.29) is 18.2 Å².